The van der Waals surface area contributed by atoms with Crippen molar-refractivity contribution in [1.29, 1.82) is 0 Å². The number of halogens is 3. The van der Waals surface area contributed by atoms with E-state index in [1.165, 1.54) is 23.5 Å². The lowest BCUT2D eigenvalue weighted by atomic mass is 10.1. The first-order chi connectivity index (χ1) is 13.3. The Balaban J connectivity index is 1.63. The van der Waals surface area contributed by atoms with Crippen LogP contribution in [0.3, 0.4) is 0 Å². The zero-order valence-electron chi connectivity index (χ0n) is 14.3. The van der Waals surface area contributed by atoms with E-state index in [1.54, 1.807) is 5.38 Å². The molecule has 0 aliphatic carbocycles. The Morgan fingerprint density at radius 1 is 1.04 bits per heavy atom. The van der Waals surface area contributed by atoms with Gasteiger partial charge in [-0.15, -0.1) is 11.3 Å². The van der Waals surface area contributed by atoms with Gasteiger partial charge in [0.05, 0.1) is 17.4 Å². The van der Waals surface area contributed by atoms with Crippen molar-refractivity contribution in [3.63, 3.8) is 0 Å². The lowest BCUT2D eigenvalue weighted by molar-refractivity contribution is -0.138. The summed E-state index contributed by atoms with van der Waals surface area (Å²) in [6, 6.07) is 11.7. The summed E-state index contributed by atoms with van der Waals surface area (Å²) in [7, 11) is 0. The fourth-order valence-electron chi connectivity index (χ4n) is 2.65. The van der Waals surface area contributed by atoms with Gasteiger partial charge in [-0.05, 0) is 29.0 Å². The Morgan fingerprint density at radius 3 is 2.46 bits per heavy atom. The van der Waals surface area contributed by atoms with Crippen LogP contribution in [0.1, 0.15) is 17.2 Å². The number of anilines is 1. The molecule has 3 aromatic rings. The van der Waals surface area contributed by atoms with E-state index in [0.717, 1.165) is 22.2 Å². The molecule has 3 N–H and O–H groups in total. The van der Waals surface area contributed by atoms with Crippen LogP contribution in [0.4, 0.5) is 18.9 Å². The number of hydrogen-bond acceptors (Lipinski definition) is 4. The zero-order valence-corrected chi connectivity index (χ0v) is 15.1. The Hall–Kier alpha value is -2.91. The molecule has 146 valence electrons. The number of hydrogen-bond donors (Lipinski definition) is 3. The maximum Gasteiger partial charge on any atom is 0.418 e. The number of thiophene rings is 1. The van der Waals surface area contributed by atoms with Gasteiger partial charge in [0, 0.05) is 16.8 Å². The molecule has 0 aliphatic rings. The minimum absolute atomic E-state index is 0.256. The molecule has 9 heteroatoms. The lowest BCUT2D eigenvalue weighted by Gasteiger charge is -2.14. The Kier molecular flexibility index (Phi) is 5.66. The highest BCUT2D eigenvalue weighted by Gasteiger charge is 2.34. The molecule has 5 nitrogen and oxygen atoms in total. The van der Waals surface area contributed by atoms with Crippen molar-refractivity contribution in [3.8, 4) is 0 Å². The third-order valence-corrected chi connectivity index (χ3v) is 4.99. The molecule has 0 spiro atoms. The van der Waals surface area contributed by atoms with E-state index in [4.69, 9.17) is 0 Å². The van der Waals surface area contributed by atoms with Crippen molar-refractivity contribution >= 4 is 38.9 Å². The molecule has 1 aromatic heterocycles. The highest BCUT2D eigenvalue weighted by molar-refractivity contribution is 7.17. The van der Waals surface area contributed by atoms with Crippen molar-refractivity contribution in [3.05, 3.63) is 65.0 Å². The number of para-hydroxylation sites is 1. The Labute approximate surface area is 161 Å². The van der Waals surface area contributed by atoms with Crippen LogP contribution in [0.25, 0.3) is 10.1 Å². The first-order valence-electron chi connectivity index (χ1n) is 8.17. The minimum atomic E-state index is -4.67. The molecule has 1 unspecified atom stereocenters. The Morgan fingerprint density at radius 2 is 1.71 bits per heavy atom. The van der Waals surface area contributed by atoms with Crippen LogP contribution in [-0.4, -0.2) is 23.5 Å². The van der Waals surface area contributed by atoms with Crippen molar-refractivity contribution in [1.82, 2.24) is 5.32 Å². The van der Waals surface area contributed by atoms with Crippen LogP contribution in [0.5, 0.6) is 0 Å². The Bertz CT molecular complexity index is 1020. The van der Waals surface area contributed by atoms with Crippen LogP contribution in [-0.2, 0) is 15.8 Å². The molecule has 3 rings (SSSR count). The van der Waals surface area contributed by atoms with Crippen LogP contribution in [0.15, 0.2) is 53.9 Å². The van der Waals surface area contributed by atoms with Crippen LogP contribution < -0.4 is 10.6 Å². The van der Waals surface area contributed by atoms with Gasteiger partial charge in [0.2, 0.25) is 0 Å². The first-order valence-corrected chi connectivity index (χ1v) is 9.05. The van der Waals surface area contributed by atoms with Crippen LogP contribution in [0, 0.1) is 0 Å². The number of carbonyl (C=O) groups excluding carboxylic acids is 2. The fourth-order valence-corrected chi connectivity index (χ4v) is 3.66. The molecule has 1 heterocycles. The van der Waals surface area contributed by atoms with Gasteiger partial charge in [-0.1, -0.05) is 30.3 Å². The number of aliphatic hydroxyl groups is 1. The fraction of sp³-hybridized carbons (Fsp3) is 0.158. The van der Waals surface area contributed by atoms with Crippen LogP contribution >= 0.6 is 11.3 Å². The summed E-state index contributed by atoms with van der Waals surface area (Å²) in [4.78, 5) is 23.9. The molecular formula is C19H15F3N2O3S. The zero-order chi connectivity index (χ0) is 20.3. The molecule has 0 saturated carbocycles. The normalized spacial score (nSPS) is 12.6. The summed E-state index contributed by atoms with van der Waals surface area (Å²) in [5.41, 5.74) is -0.968. The molecule has 0 bridgehead atoms. The molecular weight excluding hydrogens is 393 g/mol. The lowest BCUT2D eigenvalue weighted by Crippen LogP contribution is -2.38. The second-order valence-corrected chi connectivity index (χ2v) is 6.82. The van der Waals surface area contributed by atoms with Gasteiger partial charge in [0.1, 0.15) is 0 Å². The summed E-state index contributed by atoms with van der Waals surface area (Å²) >= 11 is 1.43. The van der Waals surface area contributed by atoms with E-state index in [1.807, 2.05) is 29.6 Å². The molecule has 1 atom stereocenters. The van der Waals surface area contributed by atoms with Crippen molar-refractivity contribution in [2.45, 2.75) is 12.3 Å². The smallest absolute Gasteiger partial charge is 0.387 e. The van der Waals surface area contributed by atoms with E-state index >= 15 is 0 Å². The summed E-state index contributed by atoms with van der Waals surface area (Å²) in [5, 5.41) is 17.1. The summed E-state index contributed by atoms with van der Waals surface area (Å²) in [5.74, 6) is -2.39. The average molecular weight is 408 g/mol. The van der Waals surface area contributed by atoms with Crippen molar-refractivity contribution in [2.24, 2.45) is 0 Å². The van der Waals surface area contributed by atoms with E-state index in [0.29, 0.717) is 5.56 Å². The second-order valence-electron chi connectivity index (χ2n) is 5.91. The number of alkyl halides is 3. The molecule has 28 heavy (non-hydrogen) atoms. The highest BCUT2D eigenvalue weighted by Crippen LogP contribution is 2.34. The quantitative estimate of drug-likeness (QED) is 0.576. The minimum Gasteiger partial charge on any atom is -0.387 e. The van der Waals surface area contributed by atoms with Crippen molar-refractivity contribution in [2.75, 3.05) is 11.9 Å². The standard InChI is InChI=1S/C19H15F3N2O3S/c20-19(21,22)13-6-2-3-7-14(13)24-18(27)17(26)23-9-15(25)12-10-28-16-8-4-1-5-11(12)16/h1-8,10,15,25H,9H2,(H,23,26)(H,24,27). The second kappa shape index (κ2) is 7.99. The predicted molar refractivity (Wildman–Crippen MR) is 99.9 cm³/mol. The summed E-state index contributed by atoms with van der Waals surface area (Å²) in [6.45, 7) is -0.256. The maximum absolute atomic E-state index is 13.0. The molecule has 0 radical (unpaired) electrons. The maximum atomic E-state index is 13.0. The average Bonchev–Trinajstić information content (AvgIpc) is 3.09. The van der Waals surface area contributed by atoms with Gasteiger partial charge in [0.15, 0.2) is 0 Å². The van der Waals surface area contributed by atoms with E-state index in [-0.39, 0.29) is 6.54 Å². The van der Waals surface area contributed by atoms with Crippen molar-refractivity contribution < 1.29 is 27.9 Å². The molecule has 0 fully saturated rings. The SMILES string of the molecule is O=C(NCC(O)c1csc2ccccc12)C(=O)Nc1ccccc1C(F)(F)F. The van der Waals surface area contributed by atoms with Gasteiger partial charge in [-0.3, -0.25) is 9.59 Å². The van der Waals surface area contributed by atoms with E-state index < -0.39 is 35.3 Å². The first kappa shape index (κ1) is 19.8. The van der Waals surface area contributed by atoms with Gasteiger partial charge in [0.25, 0.3) is 0 Å². The third-order valence-electron chi connectivity index (χ3n) is 4.01. The largest absolute Gasteiger partial charge is 0.418 e. The topological polar surface area (TPSA) is 78.4 Å². The number of rotatable bonds is 4. The molecule has 0 aliphatic heterocycles. The monoisotopic (exact) mass is 408 g/mol. The van der Waals surface area contributed by atoms with Crippen LogP contribution in [0.2, 0.25) is 0 Å². The molecule has 0 saturated heterocycles. The summed E-state index contributed by atoms with van der Waals surface area (Å²) < 4.78 is 39.8. The number of benzene rings is 2. The molecule has 2 aromatic carbocycles. The number of fused-ring (bicyclic) bond motifs is 1. The number of aliphatic hydroxyl groups excluding tert-OH is 1. The van der Waals surface area contributed by atoms with Gasteiger partial charge < -0.3 is 15.7 Å². The van der Waals surface area contributed by atoms with E-state index in [9.17, 15) is 27.9 Å². The molecule has 2 amide bonds. The van der Waals surface area contributed by atoms with Gasteiger partial charge in [-0.2, -0.15) is 13.2 Å². The highest BCUT2D eigenvalue weighted by atomic mass is 32.1. The van der Waals surface area contributed by atoms with Gasteiger partial charge >= 0.3 is 18.0 Å². The third kappa shape index (κ3) is 4.32. The number of nitrogens with one attached hydrogen (secondary N) is 2. The van der Waals surface area contributed by atoms with Gasteiger partial charge in [-0.25, -0.2) is 0 Å². The predicted octanol–water partition coefficient (Wildman–Crippen LogP) is 3.71. The van der Waals surface area contributed by atoms with E-state index in [2.05, 4.69) is 5.32 Å². The summed E-state index contributed by atoms with van der Waals surface area (Å²) in [6.07, 6.45) is -5.73. The number of carbonyl (C=O) groups is 2. The number of amides is 2.